The van der Waals surface area contributed by atoms with E-state index in [0.29, 0.717) is 25.0 Å². The summed E-state index contributed by atoms with van der Waals surface area (Å²) in [4.78, 5) is 0. The smallest absolute Gasteiger partial charge is 0.416 e. The highest BCUT2D eigenvalue weighted by Gasteiger charge is 2.30. The van der Waals surface area contributed by atoms with Gasteiger partial charge in [0, 0.05) is 0 Å². The normalized spacial score (nSPS) is 12.8. The lowest BCUT2D eigenvalue weighted by Crippen LogP contribution is -2.05. The highest BCUT2D eigenvalue weighted by Crippen LogP contribution is 2.31. The van der Waals surface area contributed by atoms with Crippen molar-refractivity contribution in [1.82, 2.24) is 0 Å². The first-order chi connectivity index (χ1) is 11.9. The lowest BCUT2D eigenvalue weighted by Gasteiger charge is -2.12. The van der Waals surface area contributed by atoms with Gasteiger partial charge in [-0.2, -0.15) is 13.2 Å². The number of phenols is 1. The Balaban J connectivity index is 1.67. The van der Waals surface area contributed by atoms with Gasteiger partial charge in [-0.3, -0.25) is 0 Å². The van der Waals surface area contributed by atoms with Crippen molar-refractivity contribution in [1.29, 1.82) is 0 Å². The third-order valence-electron chi connectivity index (χ3n) is 3.81. The van der Waals surface area contributed by atoms with Crippen molar-refractivity contribution in [2.24, 2.45) is 0 Å². The maximum Gasteiger partial charge on any atom is 0.416 e. The summed E-state index contributed by atoms with van der Waals surface area (Å²) in [5.41, 5.74) is -0.0561. The Morgan fingerprint density at radius 3 is 2.44 bits per heavy atom. The lowest BCUT2D eigenvalue weighted by atomic mass is 10.0. The van der Waals surface area contributed by atoms with Crippen LogP contribution in [-0.4, -0.2) is 16.8 Å². The summed E-state index contributed by atoms with van der Waals surface area (Å²) in [7, 11) is 0. The largest absolute Gasteiger partial charge is 0.508 e. The Morgan fingerprint density at radius 1 is 0.960 bits per heavy atom. The van der Waals surface area contributed by atoms with Crippen molar-refractivity contribution in [3.8, 4) is 11.5 Å². The lowest BCUT2D eigenvalue weighted by molar-refractivity contribution is -0.137. The number of ether oxygens (including phenoxy) is 1. The van der Waals surface area contributed by atoms with E-state index in [2.05, 4.69) is 0 Å². The summed E-state index contributed by atoms with van der Waals surface area (Å²) in [6.45, 7) is 0.323. The molecule has 0 radical (unpaired) electrons. The maximum atomic E-state index is 12.6. The number of hydrogen-bond donors (Lipinski definition) is 2. The van der Waals surface area contributed by atoms with Gasteiger partial charge in [0.05, 0.1) is 18.3 Å². The van der Waals surface area contributed by atoms with Crippen LogP contribution in [-0.2, 0) is 6.18 Å². The van der Waals surface area contributed by atoms with Gasteiger partial charge in [0.2, 0.25) is 0 Å². The second-order valence-electron chi connectivity index (χ2n) is 5.83. The number of aromatic hydroxyl groups is 1. The molecule has 0 saturated heterocycles. The van der Waals surface area contributed by atoms with Crippen LogP contribution in [0, 0.1) is 0 Å². The Hall–Kier alpha value is -2.21. The van der Waals surface area contributed by atoms with Crippen molar-refractivity contribution in [2.45, 2.75) is 38.0 Å². The van der Waals surface area contributed by atoms with Crippen LogP contribution in [0.15, 0.2) is 48.5 Å². The number of alkyl halides is 3. The van der Waals surface area contributed by atoms with Gasteiger partial charge in [-0.25, -0.2) is 0 Å². The molecule has 2 aromatic rings. The average molecular weight is 354 g/mol. The molecule has 0 aliphatic rings. The molecule has 0 amide bonds. The number of aliphatic hydroxyl groups excluding tert-OH is 1. The van der Waals surface area contributed by atoms with Crippen LogP contribution in [0.5, 0.6) is 11.5 Å². The number of hydrogen-bond acceptors (Lipinski definition) is 3. The quantitative estimate of drug-likeness (QED) is 0.650. The molecular weight excluding hydrogens is 333 g/mol. The van der Waals surface area contributed by atoms with Gasteiger partial charge in [0.1, 0.15) is 11.5 Å². The van der Waals surface area contributed by atoms with Crippen molar-refractivity contribution in [2.75, 3.05) is 6.61 Å². The second-order valence-corrected chi connectivity index (χ2v) is 5.83. The summed E-state index contributed by atoms with van der Waals surface area (Å²) in [6, 6.07) is 11.3. The van der Waals surface area contributed by atoms with E-state index in [9.17, 15) is 23.4 Å². The molecule has 1 unspecified atom stereocenters. The minimum absolute atomic E-state index is 0.117. The van der Waals surface area contributed by atoms with Crippen LogP contribution in [0.4, 0.5) is 13.2 Å². The second kappa shape index (κ2) is 8.76. The third-order valence-corrected chi connectivity index (χ3v) is 3.81. The van der Waals surface area contributed by atoms with E-state index in [4.69, 9.17) is 4.74 Å². The number of halogens is 3. The number of rotatable bonds is 8. The molecule has 2 N–H and O–H groups in total. The van der Waals surface area contributed by atoms with Crippen LogP contribution in [0.3, 0.4) is 0 Å². The fourth-order valence-electron chi connectivity index (χ4n) is 2.47. The fraction of sp³-hybridized carbons (Fsp3) is 0.368. The summed E-state index contributed by atoms with van der Waals surface area (Å²) in [5, 5.41) is 19.4. The van der Waals surface area contributed by atoms with Crippen molar-refractivity contribution < 1.29 is 28.1 Å². The Labute approximate surface area is 144 Å². The molecule has 3 nitrogen and oxygen atoms in total. The van der Waals surface area contributed by atoms with E-state index >= 15 is 0 Å². The van der Waals surface area contributed by atoms with Gasteiger partial charge >= 0.3 is 6.18 Å². The van der Waals surface area contributed by atoms with Crippen LogP contribution >= 0.6 is 0 Å². The molecule has 0 aromatic heterocycles. The third kappa shape index (κ3) is 6.31. The standard InChI is InChI=1S/C19H21F3O3/c20-19(21,22)15-7-5-9-17(13-15)25-11-3-1-2-10-18(24)14-6-4-8-16(23)12-14/h4-9,12-13,18,23-24H,1-3,10-11H2. The first-order valence-corrected chi connectivity index (χ1v) is 8.13. The monoisotopic (exact) mass is 354 g/mol. The van der Waals surface area contributed by atoms with Gasteiger partial charge in [-0.1, -0.05) is 24.6 Å². The van der Waals surface area contributed by atoms with Crippen LogP contribution in [0.25, 0.3) is 0 Å². The number of phenolic OH excluding ortho intramolecular Hbond substituents is 1. The highest BCUT2D eigenvalue weighted by molar-refractivity contribution is 5.30. The minimum Gasteiger partial charge on any atom is -0.508 e. The van der Waals surface area contributed by atoms with Crippen LogP contribution in [0.2, 0.25) is 0 Å². The molecule has 136 valence electrons. The van der Waals surface area contributed by atoms with E-state index in [0.717, 1.165) is 25.0 Å². The van der Waals surface area contributed by atoms with Gasteiger partial charge in [-0.15, -0.1) is 0 Å². The zero-order valence-electron chi connectivity index (χ0n) is 13.7. The molecule has 0 bridgehead atoms. The molecule has 6 heteroatoms. The summed E-state index contributed by atoms with van der Waals surface area (Å²) < 4.78 is 43.2. The van der Waals surface area contributed by atoms with Crippen molar-refractivity contribution in [3.63, 3.8) is 0 Å². The minimum atomic E-state index is -4.37. The number of unbranched alkanes of at least 4 members (excludes halogenated alkanes) is 2. The fourth-order valence-corrected chi connectivity index (χ4v) is 2.47. The molecule has 0 heterocycles. The molecular formula is C19H21F3O3. The summed E-state index contributed by atoms with van der Waals surface area (Å²) in [5.74, 6) is 0.320. The van der Waals surface area contributed by atoms with Gasteiger partial charge < -0.3 is 14.9 Å². The molecule has 25 heavy (non-hydrogen) atoms. The summed E-state index contributed by atoms with van der Waals surface area (Å²) in [6.07, 6.45) is -2.24. The SMILES string of the molecule is Oc1cccc(C(O)CCCCCOc2cccc(C(F)(F)F)c2)c1. The summed E-state index contributed by atoms with van der Waals surface area (Å²) >= 11 is 0. The maximum absolute atomic E-state index is 12.6. The topological polar surface area (TPSA) is 49.7 Å². The van der Waals surface area contributed by atoms with E-state index in [1.54, 1.807) is 18.2 Å². The molecule has 2 rings (SSSR count). The molecule has 0 spiro atoms. The van der Waals surface area contributed by atoms with Crippen LogP contribution < -0.4 is 4.74 Å². The van der Waals surface area contributed by atoms with Gasteiger partial charge in [-0.05, 0) is 55.2 Å². The zero-order chi connectivity index (χ0) is 18.3. The van der Waals surface area contributed by atoms with E-state index in [1.165, 1.54) is 18.2 Å². The van der Waals surface area contributed by atoms with Gasteiger partial charge in [0.15, 0.2) is 0 Å². The van der Waals surface area contributed by atoms with Gasteiger partial charge in [0.25, 0.3) is 0 Å². The number of benzene rings is 2. The van der Waals surface area contributed by atoms with E-state index < -0.39 is 17.8 Å². The van der Waals surface area contributed by atoms with E-state index in [-0.39, 0.29) is 11.5 Å². The molecule has 1 atom stereocenters. The molecule has 0 saturated carbocycles. The Morgan fingerprint density at radius 2 is 1.72 bits per heavy atom. The molecule has 0 fully saturated rings. The highest BCUT2D eigenvalue weighted by atomic mass is 19.4. The predicted octanol–water partition coefficient (Wildman–Crippen LogP) is 5.08. The first-order valence-electron chi connectivity index (χ1n) is 8.13. The first kappa shape index (κ1) is 19.1. The number of aliphatic hydroxyl groups is 1. The Kier molecular flexibility index (Phi) is 6.70. The zero-order valence-corrected chi connectivity index (χ0v) is 13.7. The van der Waals surface area contributed by atoms with E-state index in [1.807, 2.05) is 0 Å². The average Bonchev–Trinajstić information content (AvgIpc) is 2.57. The van der Waals surface area contributed by atoms with Crippen molar-refractivity contribution >= 4 is 0 Å². The molecule has 0 aliphatic carbocycles. The molecule has 0 aliphatic heterocycles. The Bertz CT molecular complexity index is 671. The van der Waals surface area contributed by atoms with Crippen molar-refractivity contribution in [3.05, 3.63) is 59.7 Å². The molecule has 2 aromatic carbocycles. The van der Waals surface area contributed by atoms with Crippen LogP contribution in [0.1, 0.15) is 42.9 Å². The predicted molar refractivity (Wildman–Crippen MR) is 88.5 cm³/mol.